The van der Waals surface area contributed by atoms with E-state index in [1.807, 2.05) is 0 Å². The van der Waals surface area contributed by atoms with Crippen molar-refractivity contribution in [3.63, 3.8) is 0 Å². The molecule has 1 N–H and O–H groups in total. The van der Waals surface area contributed by atoms with E-state index in [9.17, 15) is 0 Å². The van der Waals surface area contributed by atoms with Crippen molar-refractivity contribution in [2.24, 2.45) is 5.92 Å². The van der Waals surface area contributed by atoms with Crippen LogP contribution >= 0.6 is 0 Å². The van der Waals surface area contributed by atoms with E-state index in [1.54, 1.807) is 0 Å². The van der Waals surface area contributed by atoms with Crippen molar-refractivity contribution in [3.8, 4) is 0 Å². The van der Waals surface area contributed by atoms with E-state index in [-0.39, 0.29) is 0 Å². The second-order valence-electron chi connectivity index (χ2n) is 6.30. The number of rotatable bonds is 4. The van der Waals surface area contributed by atoms with Gasteiger partial charge < -0.3 is 10.1 Å². The number of ether oxygens (including phenoxy) is 1. The third-order valence-corrected chi connectivity index (χ3v) is 5.15. The van der Waals surface area contributed by atoms with Crippen molar-refractivity contribution < 1.29 is 4.74 Å². The van der Waals surface area contributed by atoms with Crippen LogP contribution in [0.15, 0.2) is 0 Å². The van der Waals surface area contributed by atoms with Crippen molar-refractivity contribution >= 4 is 0 Å². The summed E-state index contributed by atoms with van der Waals surface area (Å²) in [6.07, 6.45) is 8.75. The summed E-state index contributed by atoms with van der Waals surface area (Å²) in [6, 6.07) is 1.64. The highest BCUT2D eigenvalue weighted by atomic mass is 16.5. The first-order chi connectivity index (χ1) is 8.86. The average Bonchev–Trinajstić information content (AvgIpc) is 2.87. The minimum absolute atomic E-state index is 0.560. The van der Waals surface area contributed by atoms with Gasteiger partial charge in [-0.05, 0) is 64.5 Å². The molecular formula is C15H28N2O. The lowest BCUT2D eigenvalue weighted by molar-refractivity contribution is -0.0569. The fourth-order valence-electron chi connectivity index (χ4n) is 4.02. The highest BCUT2D eigenvalue weighted by Gasteiger charge is 2.37. The van der Waals surface area contributed by atoms with E-state index in [0.29, 0.717) is 6.10 Å². The Balaban J connectivity index is 1.46. The summed E-state index contributed by atoms with van der Waals surface area (Å²) < 4.78 is 5.69. The van der Waals surface area contributed by atoms with Crippen LogP contribution in [0.5, 0.6) is 0 Å². The normalized spacial score (nSPS) is 41.8. The molecule has 2 heterocycles. The summed E-state index contributed by atoms with van der Waals surface area (Å²) >= 11 is 0. The number of hydrogen-bond donors (Lipinski definition) is 1. The Labute approximate surface area is 111 Å². The number of likely N-dealkylation sites (tertiary alicyclic amines) is 1. The van der Waals surface area contributed by atoms with Crippen LogP contribution in [0.1, 0.15) is 45.4 Å². The predicted molar refractivity (Wildman–Crippen MR) is 73.8 cm³/mol. The molecule has 0 bridgehead atoms. The van der Waals surface area contributed by atoms with Gasteiger partial charge in [-0.3, -0.25) is 4.90 Å². The van der Waals surface area contributed by atoms with Gasteiger partial charge in [0.2, 0.25) is 0 Å². The van der Waals surface area contributed by atoms with E-state index in [2.05, 4.69) is 17.1 Å². The van der Waals surface area contributed by atoms with Gasteiger partial charge >= 0.3 is 0 Å². The van der Waals surface area contributed by atoms with Gasteiger partial charge in [0.15, 0.2) is 0 Å². The zero-order valence-electron chi connectivity index (χ0n) is 11.7. The molecule has 2 aliphatic heterocycles. The smallest absolute Gasteiger partial charge is 0.0604 e. The van der Waals surface area contributed by atoms with Crippen LogP contribution in [0.25, 0.3) is 0 Å². The van der Waals surface area contributed by atoms with Crippen molar-refractivity contribution in [1.82, 2.24) is 10.2 Å². The third kappa shape index (κ3) is 2.73. The lowest BCUT2D eigenvalue weighted by Crippen LogP contribution is -2.53. The molecule has 1 saturated carbocycles. The number of nitrogens with zero attached hydrogens (tertiary/aromatic N) is 1. The van der Waals surface area contributed by atoms with Crippen molar-refractivity contribution in [2.75, 3.05) is 26.2 Å². The molecule has 0 spiro atoms. The van der Waals surface area contributed by atoms with Gasteiger partial charge in [-0.25, -0.2) is 0 Å². The maximum Gasteiger partial charge on any atom is 0.0604 e. The highest BCUT2D eigenvalue weighted by molar-refractivity contribution is 4.93. The van der Waals surface area contributed by atoms with Crippen molar-refractivity contribution in [1.29, 1.82) is 0 Å². The molecule has 3 fully saturated rings. The molecule has 18 heavy (non-hydrogen) atoms. The van der Waals surface area contributed by atoms with Gasteiger partial charge in [-0.15, -0.1) is 0 Å². The number of hydrogen-bond acceptors (Lipinski definition) is 3. The molecule has 0 amide bonds. The Bertz CT molecular complexity index is 259. The van der Waals surface area contributed by atoms with Crippen LogP contribution in [-0.4, -0.2) is 49.3 Å². The molecule has 0 aromatic rings. The maximum atomic E-state index is 5.69. The Hall–Kier alpha value is -0.120. The van der Waals surface area contributed by atoms with Crippen LogP contribution in [-0.2, 0) is 4.74 Å². The summed E-state index contributed by atoms with van der Waals surface area (Å²) in [5.74, 6) is 0.910. The second kappa shape index (κ2) is 5.89. The summed E-state index contributed by atoms with van der Waals surface area (Å²) in [7, 11) is 0. The monoisotopic (exact) mass is 252 g/mol. The largest absolute Gasteiger partial charge is 0.378 e. The fourth-order valence-corrected chi connectivity index (χ4v) is 4.02. The number of nitrogens with one attached hydrogen (secondary N) is 1. The second-order valence-corrected chi connectivity index (χ2v) is 6.30. The molecule has 0 aromatic carbocycles. The summed E-state index contributed by atoms with van der Waals surface area (Å²) in [5, 5.41) is 3.70. The molecule has 0 radical (unpaired) electrons. The molecule has 3 nitrogen and oxygen atoms in total. The molecule has 2 atom stereocenters. The highest BCUT2D eigenvalue weighted by Crippen LogP contribution is 2.33. The zero-order valence-corrected chi connectivity index (χ0v) is 11.7. The SMILES string of the molecule is CCOC1CC(N2CCCC(C3CCCN3)C2)C1. The van der Waals surface area contributed by atoms with E-state index in [0.717, 1.165) is 24.6 Å². The van der Waals surface area contributed by atoms with Gasteiger partial charge in [0.05, 0.1) is 6.10 Å². The Morgan fingerprint density at radius 1 is 1.22 bits per heavy atom. The van der Waals surface area contributed by atoms with Gasteiger partial charge in [-0.2, -0.15) is 0 Å². The first-order valence-electron chi connectivity index (χ1n) is 7.96. The predicted octanol–water partition coefficient (Wildman–Crippen LogP) is 2.02. The van der Waals surface area contributed by atoms with Crippen molar-refractivity contribution in [3.05, 3.63) is 0 Å². The standard InChI is InChI=1S/C15H28N2O/c1-2-18-14-9-13(10-14)17-8-4-5-12(11-17)15-6-3-7-16-15/h12-16H,2-11H2,1H3. The van der Waals surface area contributed by atoms with Crippen LogP contribution in [0.3, 0.4) is 0 Å². The van der Waals surface area contributed by atoms with Crippen LogP contribution < -0.4 is 5.32 Å². The first kappa shape index (κ1) is 12.9. The summed E-state index contributed by atoms with van der Waals surface area (Å²) in [4.78, 5) is 2.75. The minimum Gasteiger partial charge on any atom is -0.378 e. The Kier molecular flexibility index (Phi) is 4.22. The Morgan fingerprint density at radius 3 is 2.83 bits per heavy atom. The van der Waals surface area contributed by atoms with Gasteiger partial charge in [0.25, 0.3) is 0 Å². The minimum atomic E-state index is 0.560. The van der Waals surface area contributed by atoms with Gasteiger partial charge in [-0.1, -0.05) is 0 Å². The molecular weight excluding hydrogens is 224 g/mol. The van der Waals surface area contributed by atoms with Crippen LogP contribution in [0.4, 0.5) is 0 Å². The fraction of sp³-hybridized carbons (Fsp3) is 1.00. The lowest BCUT2D eigenvalue weighted by atomic mass is 9.83. The number of piperidine rings is 1. The molecule has 3 aliphatic rings. The lowest BCUT2D eigenvalue weighted by Gasteiger charge is -2.46. The maximum absolute atomic E-state index is 5.69. The molecule has 3 rings (SSSR count). The first-order valence-corrected chi connectivity index (χ1v) is 7.96. The van der Waals surface area contributed by atoms with E-state index in [4.69, 9.17) is 4.74 Å². The van der Waals surface area contributed by atoms with E-state index < -0.39 is 0 Å². The molecule has 1 aliphatic carbocycles. The average molecular weight is 252 g/mol. The summed E-state index contributed by atoms with van der Waals surface area (Å²) in [6.45, 7) is 6.90. The topological polar surface area (TPSA) is 24.5 Å². The van der Waals surface area contributed by atoms with Crippen LogP contribution in [0.2, 0.25) is 0 Å². The van der Waals surface area contributed by atoms with E-state index in [1.165, 1.54) is 58.2 Å². The van der Waals surface area contributed by atoms with Crippen LogP contribution in [0, 0.1) is 5.92 Å². The Morgan fingerprint density at radius 2 is 2.11 bits per heavy atom. The third-order valence-electron chi connectivity index (χ3n) is 5.15. The summed E-state index contributed by atoms with van der Waals surface area (Å²) in [5.41, 5.74) is 0. The van der Waals surface area contributed by atoms with Gasteiger partial charge in [0.1, 0.15) is 0 Å². The van der Waals surface area contributed by atoms with Crippen molar-refractivity contribution in [2.45, 2.75) is 63.6 Å². The molecule has 2 unspecified atom stereocenters. The quantitative estimate of drug-likeness (QED) is 0.828. The molecule has 2 saturated heterocycles. The van der Waals surface area contributed by atoms with Gasteiger partial charge in [0, 0.05) is 25.2 Å². The van der Waals surface area contributed by atoms with E-state index >= 15 is 0 Å². The molecule has 3 heteroatoms. The molecule has 104 valence electrons. The zero-order chi connectivity index (χ0) is 12.4. The molecule has 0 aromatic heterocycles.